The lowest BCUT2D eigenvalue weighted by atomic mass is 9.82. The lowest BCUT2D eigenvalue weighted by Gasteiger charge is -2.28. The Hall–Kier alpha value is -3.29. The molecule has 5 nitrogen and oxygen atoms in total. The summed E-state index contributed by atoms with van der Waals surface area (Å²) in [6, 6.07) is 21.7. The van der Waals surface area contributed by atoms with Gasteiger partial charge in [0.15, 0.2) is 0 Å². The monoisotopic (exact) mass is 491 g/mol. The molecule has 5 rings (SSSR count). The number of alkyl halides is 2. The third kappa shape index (κ3) is 4.99. The number of halogens is 2. The second kappa shape index (κ2) is 9.99. The molecule has 1 fully saturated rings. The lowest BCUT2D eigenvalue weighted by Crippen LogP contribution is -2.24. The summed E-state index contributed by atoms with van der Waals surface area (Å²) in [5, 5.41) is 19.1. The summed E-state index contributed by atoms with van der Waals surface area (Å²) in [7, 11) is 1.97. The van der Waals surface area contributed by atoms with Gasteiger partial charge in [0.2, 0.25) is 11.5 Å². The molecule has 36 heavy (non-hydrogen) atoms. The van der Waals surface area contributed by atoms with Crippen LogP contribution in [0.2, 0.25) is 0 Å². The van der Waals surface area contributed by atoms with Crippen LogP contribution in [0.5, 0.6) is 0 Å². The SMILES string of the molecule is Cn1/c(=N/c2ccc(C3CCC(F)(F)CC3)cc2)n(Cc2ccc(CO)cc2)c2cc(CO)ccc21. The van der Waals surface area contributed by atoms with Crippen molar-refractivity contribution in [2.75, 3.05) is 0 Å². The number of rotatable bonds is 6. The molecule has 1 heterocycles. The highest BCUT2D eigenvalue weighted by atomic mass is 19.3. The zero-order valence-corrected chi connectivity index (χ0v) is 20.4. The van der Waals surface area contributed by atoms with Gasteiger partial charge in [-0.3, -0.25) is 0 Å². The number of aryl methyl sites for hydroxylation is 1. The minimum absolute atomic E-state index is 0.00140. The molecule has 1 aliphatic rings. The Labute approximate surface area is 209 Å². The predicted molar refractivity (Wildman–Crippen MR) is 136 cm³/mol. The number of nitrogens with zero attached hydrogens (tertiary/aromatic N) is 3. The normalized spacial score (nSPS) is 16.6. The van der Waals surface area contributed by atoms with Gasteiger partial charge in [-0.15, -0.1) is 0 Å². The van der Waals surface area contributed by atoms with E-state index in [-0.39, 0.29) is 32.0 Å². The zero-order chi connectivity index (χ0) is 25.3. The Balaban J connectivity index is 1.53. The van der Waals surface area contributed by atoms with E-state index in [2.05, 4.69) is 4.57 Å². The summed E-state index contributed by atoms with van der Waals surface area (Å²) in [4.78, 5) is 4.98. The molecule has 0 spiro atoms. The average Bonchev–Trinajstić information content (AvgIpc) is 3.15. The molecule has 7 heteroatoms. The maximum absolute atomic E-state index is 13.6. The van der Waals surface area contributed by atoms with Gasteiger partial charge < -0.3 is 19.3 Å². The van der Waals surface area contributed by atoms with Crippen molar-refractivity contribution in [3.05, 3.63) is 94.6 Å². The van der Waals surface area contributed by atoms with Gasteiger partial charge in [-0.1, -0.05) is 42.5 Å². The van der Waals surface area contributed by atoms with E-state index in [1.165, 1.54) is 0 Å². The van der Waals surface area contributed by atoms with E-state index in [1.54, 1.807) is 0 Å². The van der Waals surface area contributed by atoms with E-state index in [4.69, 9.17) is 4.99 Å². The van der Waals surface area contributed by atoms with E-state index < -0.39 is 5.92 Å². The Bertz CT molecular complexity index is 1410. The first-order chi connectivity index (χ1) is 17.4. The Morgan fingerprint density at radius 1 is 0.833 bits per heavy atom. The smallest absolute Gasteiger partial charge is 0.248 e. The maximum atomic E-state index is 13.6. The van der Waals surface area contributed by atoms with Crippen LogP contribution >= 0.6 is 0 Å². The molecule has 0 radical (unpaired) electrons. The highest BCUT2D eigenvalue weighted by Gasteiger charge is 2.35. The molecule has 2 N–H and O–H groups in total. The molecular weight excluding hydrogens is 460 g/mol. The number of hydrogen-bond acceptors (Lipinski definition) is 3. The van der Waals surface area contributed by atoms with E-state index in [0.29, 0.717) is 19.4 Å². The number of aliphatic hydroxyl groups is 2. The van der Waals surface area contributed by atoms with Crippen LogP contribution < -0.4 is 5.62 Å². The van der Waals surface area contributed by atoms with Crippen LogP contribution in [0.3, 0.4) is 0 Å². The summed E-state index contributed by atoms with van der Waals surface area (Å²) in [6.07, 6.45) is 0.924. The number of aliphatic hydroxyl groups excluding tert-OH is 2. The molecule has 188 valence electrons. The molecule has 3 aromatic carbocycles. The number of aromatic nitrogens is 2. The fraction of sp³-hybridized carbons (Fsp3) is 0.345. The second-order valence-corrected chi connectivity index (χ2v) is 9.73. The van der Waals surface area contributed by atoms with Gasteiger partial charge >= 0.3 is 0 Å². The predicted octanol–water partition coefficient (Wildman–Crippen LogP) is 5.54. The van der Waals surface area contributed by atoms with Gasteiger partial charge in [0, 0.05) is 19.9 Å². The molecular formula is C29H31F2N3O2. The van der Waals surface area contributed by atoms with Crippen molar-refractivity contribution >= 4 is 16.7 Å². The topological polar surface area (TPSA) is 62.7 Å². The molecule has 1 aliphatic carbocycles. The third-order valence-corrected chi connectivity index (χ3v) is 7.27. The van der Waals surface area contributed by atoms with Crippen LogP contribution in [0, 0.1) is 0 Å². The molecule has 0 unspecified atom stereocenters. The number of hydrogen-bond donors (Lipinski definition) is 2. The quantitative estimate of drug-likeness (QED) is 0.372. The van der Waals surface area contributed by atoms with Gasteiger partial charge in [0.05, 0.1) is 36.5 Å². The molecule has 0 saturated heterocycles. The minimum Gasteiger partial charge on any atom is -0.392 e. The van der Waals surface area contributed by atoms with Crippen molar-refractivity contribution in [1.29, 1.82) is 0 Å². The first-order valence-corrected chi connectivity index (χ1v) is 12.4. The lowest BCUT2D eigenvalue weighted by molar-refractivity contribution is -0.0382. The highest BCUT2D eigenvalue weighted by Crippen LogP contribution is 2.41. The first kappa shape index (κ1) is 24.4. The van der Waals surface area contributed by atoms with Gasteiger partial charge in [-0.05, 0) is 65.3 Å². The largest absolute Gasteiger partial charge is 0.392 e. The summed E-state index contributed by atoms with van der Waals surface area (Å²) in [5.41, 5.74) is 7.36. The van der Waals surface area contributed by atoms with Gasteiger partial charge in [0.1, 0.15) is 0 Å². The van der Waals surface area contributed by atoms with Crippen LogP contribution in [-0.4, -0.2) is 25.3 Å². The fourth-order valence-corrected chi connectivity index (χ4v) is 5.10. The number of benzene rings is 3. The molecule has 0 bridgehead atoms. The molecule has 0 amide bonds. The standard InChI is InChI=1S/C29H31F2N3O2/c1-33-26-11-6-22(19-36)16-27(26)34(17-20-2-4-21(18-35)5-3-20)28(33)32-25-9-7-23(8-10-25)24-12-14-29(30,31)15-13-24/h2-11,16,24,35-36H,12-15,17-19H2,1H3/b32-28-. The molecule has 4 aromatic rings. The third-order valence-electron chi connectivity index (χ3n) is 7.27. The van der Waals surface area contributed by atoms with Crippen LogP contribution in [0.25, 0.3) is 11.0 Å². The van der Waals surface area contributed by atoms with Crippen molar-refractivity contribution in [2.45, 2.75) is 57.3 Å². The van der Waals surface area contributed by atoms with E-state index in [1.807, 2.05) is 78.3 Å². The van der Waals surface area contributed by atoms with Crippen molar-refractivity contribution in [1.82, 2.24) is 9.13 Å². The average molecular weight is 492 g/mol. The van der Waals surface area contributed by atoms with E-state index in [9.17, 15) is 19.0 Å². The number of fused-ring (bicyclic) bond motifs is 1. The summed E-state index contributed by atoms with van der Waals surface area (Å²) < 4.78 is 31.3. The minimum atomic E-state index is -2.53. The van der Waals surface area contributed by atoms with E-state index in [0.717, 1.165) is 44.6 Å². The van der Waals surface area contributed by atoms with Crippen LogP contribution in [0.15, 0.2) is 71.7 Å². The van der Waals surface area contributed by atoms with Crippen molar-refractivity contribution in [3.63, 3.8) is 0 Å². The van der Waals surface area contributed by atoms with Crippen molar-refractivity contribution < 1.29 is 19.0 Å². The Morgan fingerprint density at radius 2 is 1.44 bits per heavy atom. The molecule has 0 atom stereocenters. The zero-order valence-electron chi connectivity index (χ0n) is 20.4. The van der Waals surface area contributed by atoms with Crippen LogP contribution in [0.4, 0.5) is 14.5 Å². The van der Waals surface area contributed by atoms with Crippen molar-refractivity contribution in [2.24, 2.45) is 12.0 Å². The molecule has 1 saturated carbocycles. The van der Waals surface area contributed by atoms with Crippen molar-refractivity contribution in [3.8, 4) is 0 Å². The van der Waals surface area contributed by atoms with E-state index >= 15 is 0 Å². The summed E-state index contributed by atoms with van der Waals surface area (Å²) in [5.74, 6) is -2.36. The summed E-state index contributed by atoms with van der Waals surface area (Å²) in [6.45, 7) is 0.531. The fourth-order valence-electron chi connectivity index (χ4n) is 5.10. The highest BCUT2D eigenvalue weighted by molar-refractivity contribution is 5.77. The maximum Gasteiger partial charge on any atom is 0.248 e. The first-order valence-electron chi connectivity index (χ1n) is 12.4. The Morgan fingerprint density at radius 3 is 2.08 bits per heavy atom. The second-order valence-electron chi connectivity index (χ2n) is 9.73. The summed E-state index contributed by atoms with van der Waals surface area (Å²) >= 11 is 0. The number of imidazole rings is 1. The Kier molecular flexibility index (Phi) is 6.77. The molecule has 1 aromatic heterocycles. The molecule has 0 aliphatic heterocycles. The van der Waals surface area contributed by atoms with Gasteiger partial charge in [0.25, 0.3) is 0 Å². The van der Waals surface area contributed by atoms with Gasteiger partial charge in [-0.25, -0.2) is 13.8 Å². The van der Waals surface area contributed by atoms with Crippen LogP contribution in [-0.2, 0) is 26.8 Å². The van der Waals surface area contributed by atoms with Gasteiger partial charge in [-0.2, -0.15) is 0 Å². The van der Waals surface area contributed by atoms with Crippen LogP contribution in [0.1, 0.15) is 53.9 Å².